The van der Waals surface area contributed by atoms with Crippen LogP contribution in [-0.2, 0) is 17.8 Å². The summed E-state index contributed by atoms with van der Waals surface area (Å²) in [5.41, 5.74) is 3.48. The lowest BCUT2D eigenvalue weighted by atomic mass is 9.94. The number of carbonyl (C=O) groups excluding carboxylic acids is 3. The highest BCUT2D eigenvalue weighted by Crippen LogP contribution is 2.35. The quantitative estimate of drug-likeness (QED) is 0.220. The summed E-state index contributed by atoms with van der Waals surface area (Å²) in [6, 6.07) is 22.0. The number of benzene rings is 3. The van der Waals surface area contributed by atoms with E-state index in [1.54, 1.807) is 47.6 Å². The third kappa shape index (κ3) is 7.59. The number of aryl methyl sites for hydroxylation is 1. The van der Waals surface area contributed by atoms with Crippen LogP contribution in [0.25, 0.3) is 0 Å². The van der Waals surface area contributed by atoms with Gasteiger partial charge < -0.3 is 30.3 Å². The minimum absolute atomic E-state index is 0.0805. The molecule has 250 valence electrons. The molecular formula is C37H41N5O5S. The number of aromatic nitrogens is 1. The molecule has 4 atom stereocenters. The summed E-state index contributed by atoms with van der Waals surface area (Å²) in [7, 11) is 1.60. The molecule has 6 rings (SSSR count). The number of nitrogens with one attached hydrogen (secondary N) is 2. The number of amides is 3. The maximum Gasteiger partial charge on any atom is 0.254 e. The van der Waals surface area contributed by atoms with Crippen molar-refractivity contribution in [2.45, 2.75) is 57.0 Å². The van der Waals surface area contributed by atoms with E-state index in [1.807, 2.05) is 71.8 Å². The van der Waals surface area contributed by atoms with Crippen LogP contribution < -0.4 is 15.4 Å². The zero-order valence-electron chi connectivity index (χ0n) is 27.2. The van der Waals surface area contributed by atoms with Gasteiger partial charge in [0.15, 0.2) is 0 Å². The Morgan fingerprint density at radius 3 is 2.58 bits per heavy atom. The Hall–Kier alpha value is -4.58. The van der Waals surface area contributed by atoms with Gasteiger partial charge in [0.2, 0.25) is 5.91 Å². The molecular weight excluding hydrogens is 627 g/mol. The van der Waals surface area contributed by atoms with Crippen molar-refractivity contribution < 1.29 is 24.2 Å². The molecule has 0 radical (unpaired) electrons. The second-order valence-electron chi connectivity index (χ2n) is 12.4. The summed E-state index contributed by atoms with van der Waals surface area (Å²) < 4.78 is 5.34. The number of aliphatic hydroxyl groups is 1. The largest absolute Gasteiger partial charge is 0.497 e. The third-order valence-corrected chi connectivity index (χ3v) is 10.1. The monoisotopic (exact) mass is 667 g/mol. The van der Waals surface area contributed by atoms with Gasteiger partial charge in [-0.15, -0.1) is 11.3 Å². The average molecular weight is 668 g/mol. The Morgan fingerprint density at radius 1 is 1.04 bits per heavy atom. The topological polar surface area (TPSA) is 124 Å². The summed E-state index contributed by atoms with van der Waals surface area (Å²) in [5.74, 6) is -0.117. The number of rotatable bonds is 11. The van der Waals surface area contributed by atoms with E-state index in [9.17, 15) is 19.5 Å². The van der Waals surface area contributed by atoms with E-state index in [2.05, 4.69) is 15.6 Å². The Bertz CT molecular complexity index is 1750. The smallest absolute Gasteiger partial charge is 0.254 e. The van der Waals surface area contributed by atoms with Crippen molar-refractivity contribution in [1.82, 2.24) is 25.4 Å². The summed E-state index contributed by atoms with van der Waals surface area (Å²) in [6.45, 7) is 3.92. The van der Waals surface area contributed by atoms with Crippen LogP contribution in [0.4, 0.5) is 0 Å². The van der Waals surface area contributed by atoms with Crippen molar-refractivity contribution in [3.63, 3.8) is 0 Å². The highest BCUT2D eigenvalue weighted by Gasteiger charge is 2.39. The number of methoxy groups -OCH3 is 1. The average Bonchev–Trinajstić information content (AvgIpc) is 3.78. The van der Waals surface area contributed by atoms with Crippen molar-refractivity contribution in [3.8, 4) is 5.75 Å². The number of likely N-dealkylation sites (tertiary alicyclic amines) is 1. The lowest BCUT2D eigenvalue weighted by molar-refractivity contribution is -0.140. The van der Waals surface area contributed by atoms with Gasteiger partial charge in [0, 0.05) is 48.4 Å². The van der Waals surface area contributed by atoms with Crippen molar-refractivity contribution in [2.24, 2.45) is 0 Å². The van der Waals surface area contributed by atoms with Crippen molar-refractivity contribution >= 4 is 29.1 Å². The van der Waals surface area contributed by atoms with Crippen molar-refractivity contribution in [2.75, 3.05) is 26.7 Å². The highest BCUT2D eigenvalue weighted by molar-refractivity contribution is 7.09. The van der Waals surface area contributed by atoms with Crippen molar-refractivity contribution in [3.05, 3.63) is 117 Å². The Labute approximate surface area is 284 Å². The first-order valence-corrected chi connectivity index (χ1v) is 17.2. The molecule has 4 aromatic rings. The van der Waals surface area contributed by atoms with E-state index < -0.39 is 24.1 Å². The number of aliphatic hydroxyl groups excluding tert-OH is 1. The molecule has 10 nitrogen and oxygen atoms in total. The normalized spacial score (nSPS) is 19.2. The Balaban J connectivity index is 1.19. The van der Waals surface area contributed by atoms with Gasteiger partial charge in [-0.05, 0) is 67.6 Å². The lowest BCUT2D eigenvalue weighted by Gasteiger charge is -2.38. The molecule has 0 bridgehead atoms. The minimum atomic E-state index is -1.23. The van der Waals surface area contributed by atoms with Gasteiger partial charge in [0.1, 0.15) is 16.8 Å². The van der Waals surface area contributed by atoms with Crippen LogP contribution in [0.15, 0.2) is 84.2 Å². The number of piperazine rings is 1. The molecule has 0 saturated carbocycles. The molecule has 3 amide bonds. The summed E-state index contributed by atoms with van der Waals surface area (Å²) >= 11 is 1.56. The van der Waals surface area contributed by atoms with Gasteiger partial charge in [0.25, 0.3) is 11.8 Å². The maximum atomic E-state index is 13.8. The number of carbonyl (C=O) groups is 3. The Kier molecular flexibility index (Phi) is 10.5. The Morgan fingerprint density at radius 2 is 1.81 bits per heavy atom. The second kappa shape index (κ2) is 15.1. The van der Waals surface area contributed by atoms with Gasteiger partial charge in [-0.3, -0.25) is 14.4 Å². The predicted molar refractivity (Wildman–Crippen MR) is 184 cm³/mol. The lowest BCUT2D eigenvalue weighted by Crippen LogP contribution is -2.63. The molecule has 2 aliphatic heterocycles. The van der Waals surface area contributed by atoms with Crippen molar-refractivity contribution in [1.29, 1.82) is 0 Å². The molecule has 2 aliphatic rings. The van der Waals surface area contributed by atoms with Gasteiger partial charge in [-0.2, -0.15) is 0 Å². The first kappa shape index (κ1) is 33.3. The van der Waals surface area contributed by atoms with Gasteiger partial charge in [-0.25, -0.2) is 4.98 Å². The van der Waals surface area contributed by atoms with Crippen LogP contribution in [0.3, 0.4) is 0 Å². The molecule has 3 heterocycles. The molecule has 0 spiro atoms. The summed E-state index contributed by atoms with van der Waals surface area (Å²) in [4.78, 5) is 49.4. The van der Waals surface area contributed by atoms with Crippen LogP contribution in [0.1, 0.15) is 61.4 Å². The minimum Gasteiger partial charge on any atom is -0.497 e. The molecule has 0 unspecified atom stereocenters. The zero-order valence-corrected chi connectivity index (χ0v) is 28.0. The molecule has 2 fully saturated rings. The van der Waals surface area contributed by atoms with Gasteiger partial charge >= 0.3 is 0 Å². The zero-order chi connectivity index (χ0) is 33.6. The molecule has 3 aromatic carbocycles. The fourth-order valence-corrected chi connectivity index (χ4v) is 7.47. The molecule has 2 saturated heterocycles. The third-order valence-electron chi connectivity index (χ3n) is 9.01. The van der Waals surface area contributed by atoms with Crippen LogP contribution in [0.5, 0.6) is 5.75 Å². The molecule has 1 aromatic heterocycles. The van der Waals surface area contributed by atoms with E-state index in [0.717, 1.165) is 34.7 Å². The van der Waals surface area contributed by atoms with Crippen LogP contribution in [0.2, 0.25) is 0 Å². The summed E-state index contributed by atoms with van der Waals surface area (Å²) in [5, 5.41) is 20.9. The van der Waals surface area contributed by atoms with Crippen LogP contribution >= 0.6 is 11.3 Å². The van der Waals surface area contributed by atoms with Gasteiger partial charge in [-0.1, -0.05) is 48.5 Å². The SMILES string of the molecule is COc1cccc(CN2CCN[C@@H]([C@@H](O)[C@H](Cc3ccccc3)NC(=O)c3cccc(C(=O)N4CCC[C@@H]4c4nc(C)cs4)c3)C2=O)c1. The first-order valence-electron chi connectivity index (χ1n) is 16.3. The predicted octanol–water partition coefficient (Wildman–Crippen LogP) is 4.14. The molecule has 11 heteroatoms. The summed E-state index contributed by atoms with van der Waals surface area (Å²) in [6.07, 6.45) is 0.810. The van der Waals surface area contributed by atoms with E-state index >= 15 is 0 Å². The van der Waals surface area contributed by atoms with Crippen LogP contribution in [-0.4, -0.2) is 82.5 Å². The van der Waals surface area contributed by atoms with E-state index in [0.29, 0.717) is 49.5 Å². The number of hydrogen-bond donors (Lipinski definition) is 3. The van der Waals surface area contributed by atoms with Crippen LogP contribution in [0, 0.1) is 6.92 Å². The molecule has 48 heavy (non-hydrogen) atoms. The molecule has 3 N–H and O–H groups in total. The molecule has 0 aliphatic carbocycles. The fraction of sp³-hybridized carbons (Fsp3) is 0.351. The fourth-order valence-electron chi connectivity index (χ4n) is 6.52. The van der Waals surface area contributed by atoms with E-state index in [1.165, 1.54) is 0 Å². The number of thiazole rings is 1. The van der Waals surface area contributed by atoms with E-state index in [4.69, 9.17) is 4.74 Å². The standard InChI is InChI=1S/C37H41N5O5S/c1-24-23-48-35(39-24)31-15-8-17-42(31)36(45)28-13-7-12-27(21-28)34(44)40-30(20-25-9-4-3-5-10-25)33(43)32-37(46)41(18-16-38-32)22-26-11-6-14-29(19-26)47-2/h3-7,9-14,19,21,23,30-33,38,43H,8,15-18,20,22H2,1-2H3,(H,40,44)/t30-,31+,32-,33-/m0/s1. The van der Waals surface area contributed by atoms with E-state index in [-0.39, 0.29) is 17.9 Å². The second-order valence-corrected chi connectivity index (χ2v) is 13.3. The first-order chi connectivity index (χ1) is 23.3. The highest BCUT2D eigenvalue weighted by atomic mass is 32.1. The maximum absolute atomic E-state index is 13.8. The number of nitrogens with zero attached hydrogens (tertiary/aromatic N) is 3. The number of hydrogen-bond acceptors (Lipinski definition) is 8. The van der Waals surface area contributed by atoms with Gasteiger partial charge in [0.05, 0.1) is 25.3 Å². The number of ether oxygens (including phenoxy) is 1.